The SMILES string of the molecule is Cc1nnc(Sc2ccc(C(C)N)c(Br)c2)s1. The van der Waals surface area contributed by atoms with E-state index in [0.29, 0.717) is 0 Å². The zero-order chi connectivity index (χ0) is 12.4. The molecular weight excluding hydrogens is 318 g/mol. The van der Waals surface area contributed by atoms with Gasteiger partial charge in [0, 0.05) is 15.4 Å². The van der Waals surface area contributed by atoms with E-state index < -0.39 is 0 Å². The fourth-order valence-corrected chi connectivity index (χ4v) is 4.08. The van der Waals surface area contributed by atoms with E-state index in [2.05, 4.69) is 38.3 Å². The second-order valence-corrected chi connectivity index (χ2v) is 7.02. The lowest BCUT2D eigenvalue weighted by Crippen LogP contribution is -2.05. The van der Waals surface area contributed by atoms with Crippen LogP contribution < -0.4 is 5.73 Å². The van der Waals surface area contributed by atoms with Crippen molar-refractivity contribution in [3.63, 3.8) is 0 Å². The third kappa shape index (κ3) is 3.28. The van der Waals surface area contributed by atoms with Crippen molar-refractivity contribution in [1.82, 2.24) is 10.2 Å². The molecule has 0 aliphatic carbocycles. The molecule has 90 valence electrons. The maximum Gasteiger partial charge on any atom is 0.179 e. The fraction of sp³-hybridized carbons (Fsp3) is 0.273. The minimum absolute atomic E-state index is 0.0344. The van der Waals surface area contributed by atoms with Crippen molar-refractivity contribution in [3.8, 4) is 0 Å². The van der Waals surface area contributed by atoms with E-state index in [4.69, 9.17) is 5.73 Å². The molecule has 0 radical (unpaired) electrons. The Bertz CT molecular complexity index is 525. The zero-order valence-corrected chi connectivity index (χ0v) is 12.7. The van der Waals surface area contributed by atoms with Crippen LogP contribution >= 0.6 is 39.0 Å². The number of nitrogens with two attached hydrogens (primary N) is 1. The van der Waals surface area contributed by atoms with Crippen LogP contribution in [0.3, 0.4) is 0 Å². The van der Waals surface area contributed by atoms with E-state index >= 15 is 0 Å². The van der Waals surface area contributed by atoms with Crippen molar-refractivity contribution in [1.29, 1.82) is 0 Å². The average Bonchev–Trinajstić information content (AvgIpc) is 2.63. The molecular formula is C11H12BrN3S2. The molecule has 0 amide bonds. The number of aryl methyl sites for hydroxylation is 1. The van der Waals surface area contributed by atoms with Crippen molar-refractivity contribution in [3.05, 3.63) is 33.2 Å². The van der Waals surface area contributed by atoms with Crippen LogP contribution in [-0.2, 0) is 0 Å². The molecule has 1 atom stereocenters. The number of halogens is 1. The second-order valence-electron chi connectivity index (χ2n) is 3.66. The molecule has 0 aliphatic heterocycles. The summed E-state index contributed by atoms with van der Waals surface area (Å²) in [5, 5.41) is 9.07. The van der Waals surface area contributed by atoms with E-state index in [1.54, 1.807) is 23.1 Å². The number of hydrogen-bond acceptors (Lipinski definition) is 5. The van der Waals surface area contributed by atoms with E-state index in [0.717, 1.165) is 24.3 Å². The summed E-state index contributed by atoms with van der Waals surface area (Å²) in [4.78, 5) is 1.14. The standard InChI is InChI=1S/C11H12BrN3S2/c1-6(13)9-4-3-8(5-10(9)12)17-11-15-14-7(2)16-11/h3-6H,13H2,1-2H3. The van der Waals surface area contributed by atoms with Crippen LogP contribution in [0.15, 0.2) is 31.9 Å². The van der Waals surface area contributed by atoms with Gasteiger partial charge >= 0.3 is 0 Å². The summed E-state index contributed by atoms with van der Waals surface area (Å²) in [5.41, 5.74) is 6.98. The van der Waals surface area contributed by atoms with Crippen LogP contribution in [0.4, 0.5) is 0 Å². The topological polar surface area (TPSA) is 51.8 Å². The van der Waals surface area contributed by atoms with Crippen LogP contribution in [0.1, 0.15) is 23.5 Å². The Balaban J connectivity index is 2.20. The predicted molar refractivity (Wildman–Crippen MR) is 75.5 cm³/mol. The molecule has 1 heterocycles. The molecule has 0 aliphatic rings. The molecule has 0 spiro atoms. The van der Waals surface area contributed by atoms with E-state index in [9.17, 15) is 0 Å². The van der Waals surface area contributed by atoms with E-state index in [-0.39, 0.29) is 6.04 Å². The van der Waals surface area contributed by atoms with Gasteiger partial charge in [-0.1, -0.05) is 45.1 Å². The lowest BCUT2D eigenvalue weighted by atomic mass is 10.1. The molecule has 1 aromatic heterocycles. The number of rotatable bonds is 3. The minimum atomic E-state index is 0.0344. The van der Waals surface area contributed by atoms with Gasteiger partial charge in [0.2, 0.25) is 0 Å². The second kappa shape index (κ2) is 5.48. The number of benzene rings is 1. The molecule has 0 saturated carbocycles. The zero-order valence-electron chi connectivity index (χ0n) is 9.48. The lowest BCUT2D eigenvalue weighted by molar-refractivity contribution is 0.811. The molecule has 1 unspecified atom stereocenters. The van der Waals surface area contributed by atoms with E-state index in [1.807, 2.05) is 19.9 Å². The third-order valence-electron chi connectivity index (χ3n) is 2.18. The molecule has 2 N–H and O–H groups in total. The summed E-state index contributed by atoms with van der Waals surface area (Å²) < 4.78 is 2.00. The van der Waals surface area contributed by atoms with Gasteiger partial charge in [-0.15, -0.1) is 10.2 Å². The number of aromatic nitrogens is 2. The first-order chi connectivity index (χ1) is 8.06. The van der Waals surface area contributed by atoms with Gasteiger partial charge in [-0.2, -0.15) is 0 Å². The maximum absolute atomic E-state index is 5.86. The molecule has 0 fully saturated rings. The third-order valence-corrected chi connectivity index (χ3v) is 4.74. The highest BCUT2D eigenvalue weighted by Crippen LogP contribution is 2.33. The summed E-state index contributed by atoms with van der Waals surface area (Å²) in [6.07, 6.45) is 0. The first-order valence-electron chi connectivity index (χ1n) is 5.09. The van der Waals surface area contributed by atoms with Crippen molar-refractivity contribution in [2.24, 2.45) is 5.73 Å². The molecule has 3 nitrogen and oxygen atoms in total. The molecule has 2 aromatic rings. The van der Waals surface area contributed by atoms with Crippen molar-refractivity contribution >= 4 is 39.0 Å². The van der Waals surface area contributed by atoms with Gasteiger partial charge in [0.15, 0.2) is 4.34 Å². The van der Waals surface area contributed by atoms with Crippen LogP contribution in [0.25, 0.3) is 0 Å². The highest BCUT2D eigenvalue weighted by molar-refractivity contribution is 9.10. The molecule has 0 bridgehead atoms. The number of nitrogens with zero attached hydrogens (tertiary/aromatic N) is 2. The van der Waals surface area contributed by atoms with Crippen molar-refractivity contribution in [2.45, 2.75) is 29.1 Å². The van der Waals surface area contributed by atoms with Gasteiger partial charge in [-0.25, -0.2) is 0 Å². The van der Waals surface area contributed by atoms with Crippen molar-refractivity contribution in [2.75, 3.05) is 0 Å². The van der Waals surface area contributed by atoms with Crippen LogP contribution in [0.5, 0.6) is 0 Å². The van der Waals surface area contributed by atoms with Crippen molar-refractivity contribution < 1.29 is 0 Å². The minimum Gasteiger partial charge on any atom is -0.324 e. The van der Waals surface area contributed by atoms with E-state index in [1.165, 1.54) is 0 Å². The van der Waals surface area contributed by atoms with Gasteiger partial charge in [0.25, 0.3) is 0 Å². The average molecular weight is 330 g/mol. The van der Waals surface area contributed by atoms with Gasteiger partial charge in [-0.3, -0.25) is 0 Å². The molecule has 6 heteroatoms. The first-order valence-corrected chi connectivity index (χ1v) is 7.52. The van der Waals surface area contributed by atoms with Gasteiger partial charge in [-0.05, 0) is 31.5 Å². The monoisotopic (exact) mass is 329 g/mol. The fourth-order valence-electron chi connectivity index (χ4n) is 1.36. The summed E-state index contributed by atoms with van der Waals surface area (Å²) in [7, 11) is 0. The normalized spacial score (nSPS) is 12.7. The molecule has 0 saturated heterocycles. The smallest absolute Gasteiger partial charge is 0.179 e. The largest absolute Gasteiger partial charge is 0.324 e. The number of hydrogen-bond donors (Lipinski definition) is 1. The van der Waals surface area contributed by atoms with Crippen LogP contribution in [0.2, 0.25) is 0 Å². The van der Waals surface area contributed by atoms with Crippen LogP contribution in [0, 0.1) is 6.92 Å². The lowest BCUT2D eigenvalue weighted by Gasteiger charge is -2.09. The summed E-state index contributed by atoms with van der Waals surface area (Å²) >= 11 is 6.76. The highest BCUT2D eigenvalue weighted by Gasteiger charge is 2.08. The Labute approximate surface area is 117 Å². The van der Waals surface area contributed by atoms with Gasteiger partial charge < -0.3 is 5.73 Å². The Hall–Kier alpha value is -0.430. The van der Waals surface area contributed by atoms with Crippen LogP contribution in [-0.4, -0.2) is 10.2 Å². The Morgan fingerprint density at radius 3 is 2.71 bits per heavy atom. The maximum atomic E-state index is 5.86. The summed E-state index contributed by atoms with van der Waals surface area (Å²) in [6.45, 7) is 3.93. The first kappa shape index (κ1) is 13.0. The van der Waals surface area contributed by atoms with Gasteiger partial charge in [0.05, 0.1) is 0 Å². The summed E-state index contributed by atoms with van der Waals surface area (Å²) in [6, 6.07) is 6.21. The predicted octanol–water partition coefficient (Wildman–Crippen LogP) is 3.78. The van der Waals surface area contributed by atoms with Gasteiger partial charge in [0.1, 0.15) is 5.01 Å². The Morgan fingerprint density at radius 1 is 1.41 bits per heavy atom. The summed E-state index contributed by atoms with van der Waals surface area (Å²) in [5.74, 6) is 0. The molecule has 2 rings (SSSR count). The molecule has 17 heavy (non-hydrogen) atoms. The highest BCUT2D eigenvalue weighted by atomic mass is 79.9. The molecule has 1 aromatic carbocycles. The Morgan fingerprint density at radius 2 is 2.18 bits per heavy atom. The Kier molecular flexibility index (Phi) is 4.19. The quantitative estimate of drug-likeness (QED) is 0.930.